The van der Waals surface area contributed by atoms with E-state index in [1.54, 1.807) is 0 Å². The maximum Gasteiger partial charge on any atom is 0.217 e. The summed E-state index contributed by atoms with van der Waals surface area (Å²) in [7, 11) is 0. The minimum atomic E-state index is -0.286. The van der Waals surface area contributed by atoms with Crippen LogP contribution in [0, 0.1) is 0 Å². The largest absolute Gasteiger partial charge is 0.370 e. The van der Waals surface area contributed by atoms with E-state index in [1.165, 1.54) is 0 Å². The highest BCUT2D eigenvalue weighted by Gasteiger charge is 1.92. The quantitative estimate of drug-likeness (QED) is 0.452. The lowest BCUT2D eigenvalue weighted by molar-refractivity contribution is -0.118. The third-order valence-corrected chi connectivity index (χ3v) is 1.08. The molecule has 0 aromatic rings. The molecule has 0 aliphatic rings. The zero-order valence-corrected chi connectivity index (χ0v) is 7.80. The lowest BCUT2D eigenvalue weighted by atomic mass is 10.2. The molecule has 0 saturated carbocycles. The second-order valence-electron chi connectivity index (χ2n) is 2.00. The molecule has 0 rings (SSSR count). The van der Waals surface area contributed by atoms with Crippen LogP contribution in [0.3, 0.4) is 0 Å². The Morgan fingerprint density at radius 1 is 1.42 bits per heavy atom. The Bertz CT molecular complexity index is 116. The molecule has 0 aliphatic carbocycles. The van der Waals surface area contributed by atoms with Crippen LogP contribution in [0.15, 0.2) is 0 Å². The SMILES string of the molecule is CC.NC(=O)CCCCNC=O. The average molecular weight is 174 g/mol. The molecule has 12 heavy (non-hydrogen) atoms. The first-order valence-electron chi connectivity index (χ1n) is 4.22. The number of hydrogen-bond donors (Lipinski definition) is 2. The van der Waals surface area contributed by atoms with Gasteiger partial charge < -0.3 is 11.1 Å². The lowest BCUT2D eigenvalue weighted by Crippen LogP contribution is -2.14. The molecule has 0 radical (unpaired) electrons. The second-order valence-corrected chi connectivity index (χ2v) is 2.00. The summed E-state index contributed by atoms with van der Waals surface area (Å²) in [6, 6.07) is 0. The molecule has 0 bridgehead atoms. The van der Waals surface area contributed by atoms with Crippen LogP contribution in [0.25, 0.3) is 0 Å². The highest BCUT2D eigenvalue weighted by Crippen LogP contribution is 1.91. The van der Waals surface area contributed by atoms with Gasteiger partial charge in [0.15, 0.2) is 0 Å². The number of unbranched alkanes of at least 4 members (excludes halogenated alkanes) is 1. The molecule has 0 aromatic heterocycles. The summed E-state index contributed by atoms with van der Waals surface area (Å²) in [5, 5.41) is 2.49. The van der Waals surface area contributed by atoms with Gasteiger partial charge in [0.2, 0.25) is 12.3 Å². The predicted molar refractivity (Wildman–Crippen MR) is 48.5 cm³/mol. The van der Waals surface area contributed by atoms with Gasteiger partial charge >= 0.3 is 0 Å². The van der Waals surface area contributed by atoms with E-state index in [1.807, 2.05) is 13.8 Å². The Hall–Kier alpha value is -1.06. The van der Waals surface area contributed by atoms with Gasteiger partial charge in [-0.25, -0.2) is 0 Å². The van der Waals surface area contributed by atoms with Gasteiger partial charge in [0.25, 0.3) is 0 Å². The highest BCUT2D eigenvalue weighted by molar-refractivity contribution is 5.73. The van der Waals surface area contributed by atoms with Crippen LogP contribution in [0.2, 0.25) is 0 Å². The first-order valence-corrected chi connectivity index (χ1v) is 4.22. The molecule has 0 fully saturated rings. The molecule has 0 atom stereocenters. The van der Waals surface area contributed by atoms with E-state index in [0.717, 1.165) is 12.8 Å². The van der Waals surface area contributed by atoms with Crippen LogP contribution in [-0.4, -0.2) is 18.9 Å². The molecule has 0 heterocycles. The van der Waals surface area contributed by atoms with Crippen LogP contribution in [0.5, 0.6) is 0 Å². The molecule has 72 valence electrons. The van der Waals surface area contributed by atoms with Crippen molar-refractivity contribution in [3.63, 3.8) is 0 Å². The maximum absolute atomic E-state index is 10.2. The zero-order chi connectivity index (χ0) is 9.82. The Morgan fingerprint density at radius 2 is 2.00 bits per heavy atom. The molecule has 0 spiro atoms. The van der Waals surface area contributed by atoms with Crippen molar-refractivity contribution in [1.29, 1.82) is 0 Å². The van der Waals surface area contributed by atoms with E-state index < -0.39 is 0 Å². The topological polar surface area (TPSA) is 72.2 Å². The summed E-state index contributed by atoms with van der Waals surface area (Å²) in [6.45, 7) is 4.62. The zero-order valence-electron chi connectivity index (χ0n) is 7.80. The van der Waals surface area contributed by atoms with E-state index in [-0.39, 0.29) is 5.91 Å². The smallest absolute Gasteiger partial charge is 0.217 e. The molecule has 2 amide bonds. The van der Waals surface area contributed by atoms with E-state index in [0.29, 0.717) is 19.4 Å². The molecule has 4 nitrogen and oxygen atoms in total. The standard InChI is InChI=1S/C6H12N2O2.C2H6/c7-6(10)3-1-2-4-8-5-9;1-2/h5H,1-4H2,(H2,7,10)(H,8,9);1-2H3. The van der Waals surface area contributed by atoms with Crippen molar-refractivity contribution >= 4 is 12.3 Å². The van der Waals surface area contributed by atoms with Crippen LogP contribution in [0.1, 0.15) is 33.1 Å². The highest BCUT2D eigenvalue weighted by atomic mass is 16.1. The van der Waals surface area contributed by atoms with E-state index >= 15 is 0 Å². The van der Waals surface area contributed by atoms with E-state index in [4.69, 9.17) is 5.73 Å². The maximum atomic E-state index is 10.2. The van der Waals surface area contributed by atoms with Crippen LogP contribution in [-0.2, 0) is 9.59 Å². The average Bonchev–Trinajstić information content (AvgIpc) is 2.07. The van der Waals surface area contributed by atoms with Crippen molar-refractivity contribution in [3.8, 4) is 0 Å². The number of primary amides is 1. The van der Waals surface area contributed by atoms with Crippen molar-refractivity contribution in [2.24, 2.45) is 5.73 Å². The monoisotopic (exact) mass is 174 g/mol. The molecule has 0 aliphatic heterocycles. The fourth-order valence-corrected chi connectivity index (χ4v) is 0.585. The van der Waals surface area contributed by atoms with Gasteiger partial charge in [0, 0.05) is 13.0 Å². The molecule has 3 N–H and O–H groups in total. The first-order chi connectivity index (χ1) is 5.77. The number of rotatable bonds is 6. The predicted octanol–water partition coefficient (Wildman–Crippen LogP) is 0.414. The van der Waals surface area contributed by atoms with E-state index in [9.17, 15) is 9.59 Å². The summed E-state index contributed by atoms with van der Waals surface area (Å²) in [6.07, 6.45) is 2.60. The molecule has 0 unspecified atom stereocenters. The fourth-order valence-electron chi connectivity index (χ4n) is 0.585. The van der Waals surface area contributed by atoms with Crippen molar-refractivity contribution in [2.45, 2.75) is 33.1 Å². The third kappa shape index (κ3) is 16.0. The van der Waals surface area contributed by atoms with E-state index in [2.05, 4.69) is 5.32 Å². The second kappa shape index (κ2) is 12.6. The number of carbonyl (C=O) groups is 2. The number of nitrogens with one attached hydrogen (secondary N) is 1. The van der Waals surface area contributed by atoms with Gasteiger partial charge in [-0.2, -0.15) is 0 Å². The van der Waals surface area contributed by atoms with Gasteiger partial charge in [0.1, 0.15) is 0 Å². The number of carbonyl (C=O) groups excluding carboxylic acids is 2. The summed E-state index contributed by atoms with van der Waals surface area (Å²) in [4.78, 5) is 19.9. The summed E-state index contributed by atoms with van der Waals surface area (Å²) >= 11 is 0. The van der Waals surface area contributed by atoms with Gasteiger partial charge in [-0.15, -0.1) is 0 Å². The van der Waals surface area contributed by atoms with Crippen molar-refractivity contribution in [2.75, 3.05) is 6.54 Å². The normalized spacial score (nSPS) is 7.83. The summed E-state index contributed by atoms with van der Waals surface area (Å²) in [5.41, 5.74) is 4.88. The van der Waals surface area contributed by atoms with Crippen LogP contribution >= 0.6 is 0 Å². The first kappa shape index (κ1) is 13.5. The van der Waals surface area contributed by atoms with Crippen molar-refractivity contribution in [1.82, 2.24) is 5.32 Å². The number of amides is 2. The summed E-state index contributed by atoms with van der Waals surface area (Å²) in [5.74, 6) is -0.286. The van der Waals surface area contributed by atoms with Gasteiger partial charge in [0.05, 0.1) is 0 Å². The Balaban J connectivity index is 0. The minimum Gasteiger partial charge on any atom is -0.370 e. The Kier molecular flexibility index (Phi) is 14.2. The molecular formula is C8H18N2O2. The number of hydrogen-bond acceptors (Lipinski definition) is 2. The van der Waals surface area contributed by atoms with Crippen LogP contribution < -0.4 is 11.1 Å². The van der Waals surface area contributed by atoms with Crippen molar-refractivity contribution < 1.29 is 9.59 Å². The van der Waals surface area contributed by atoms with Gasteiger partial charge in [-0.05, 0) is 12.8 Å². The van der Waals surface area contributed by atoms with Crippen LogP contribution in [0.4, 0.5) is 0 Å². The van der Waals surface area contributed by atoms with Gasteiger partial charge in [-0.1, -0.05) is 13.8 Å². The Morgan fingerprint density at radius 3 is 2.42 bits per heavy atom. The fraction of sp³-hybridized carbons (Fsp3) is 0.750. The van der Waals surface area contributed by atoms with Crippen molar-refractivity contribution in [3.05, 3.63) is 0 Å². The number of nitrogens with two attached hydrogens (primary N) is 1. The third-order valence-electron chi connectivity index (χ3n) is 1.08. The molecule has 4 heteroatoms. The minimum absolute atomic E-state index is 0.286. The molecule has 0 aromatic carbocycles. The summed E-state index contributed by atoms with van der Waals surface area (Å²) < 4.78 is 0. The van der Waals surface area contributed by atoms with Gasteiger partial charge in [-0.3, -0.25) is 9.59 Å². The Labute approximate surface area is 73.5 Å². The molecule has 0 saturated heterocycles. The lowest BCUT2D eigenvalue weighted by Gasteiger charge is -1.95. The molecular weight excluding hydrogens is 156 g/mol.